The molecule has 26 heavy (non-hydrogen) atoms. The number of carbonyl (C=O) groups excluding carboxylic acids is 3. The van der Waals surface area contributed by atoms with Gasteiger partial charge >= 0.3 is 0 Å². The lowest BCUT2D eigenvalue weighted by Gasteiger charge is -2.31. The summed E-state index contributed by atoms with van der Waals surface area (Å²) in [7, 11) is 0. The molecule has 0 radical (unpaired) electrons. The number of Topliss-reactive ketones (excluding diaryl/α,β-unsaturated/α-hetero) is 3. The van der Waals surface area contributed by atoms with Crippen molar-refractivity contribution in [3.8, 4) is 0 Å². The van der Waals surface area contributed by atoms with Gasteiger partial charge in [-0.2, -0.15) is 0 Å². The van der Waals surface area contributed by atoms with Gasteiger partial charge in [0.1, 0.15) is 5.92 Å². The van der Waals surface area contributed by atoms with Crippen LogP contribution >= 0.6 is 0 Å². The summed E-state index contributed by atoms with van der Waals surface area (Å²) < 4.78 is 0. The molecule has 0 bridgehead atoms. The van der Waals surface area contributed by atoms with Gasteiger partial charge in [0.05, 0.1) is 12.0 Å². The average molecular weight is 364 g/mol. The van der Waals surface area contributed by atoms with Crippen molar-refractivity contribution in [3.05, 3.63) is 23.3 Å². The fourth-order valence-corrected chi connectivity index (χ4v) is 3.28. The first-order valence-electron chi connectivity index (χ1n) is 9.27. The number of hydrogen-bond donors (Lipinski definition) is 2. The quantitative estimate of drug-likeness (QED) is 0.510. The minimum absolute atomic E-state index is 0.0490. The summed E-state index contributed by atoms with van der Waals surface area (Å²) in [6.07, 6.45) is 2.71. The van der Waals surface area contributed by atoms with Crippen LogP contribution in [0, 0.1) is 17.8 Å². The van der Waals surface area contributed by atoms with E-state index >= 15 is 0 Å². The molecule has 5 atom stereocenters. The minimum atomic E-state index is -2.23. The number of ketones is 3. The molecule has 0 spiro atoms. The van der Waals surface area contributed by atoms with E-state index in [9.17, 15) is 24.6 Å². The van der Waals surface area contributed by atoms with Crippen LogP contribution in [0.3, 0.4) is 0 Å². The van der Waals surface area contributed by atoms with Crippen LogP contribution in [-0.2, 0) is 14.4 Å². The first kappa shape index (κ1) is 22.5. The van der Waals surface area contributed by atoms with E-state index in [-0.39, 0.29) is 12.8 Å². The van der Waals surface area contributed by atoms with Gasteiger partial charge in [-0.05, 0) is 47.0 Å². The molecule has 0 aromatic rings. The molecule has 2 N–H and O–H groups in total. The second-order valence-electron chi connectivity index (χ2n) is 7.84. The summed E-state index contributed by atoms with van der Waals surface area (Å²) in [5.74, 6) is -4.93. The van der Waals surface area contributed by atoms with E-state index < -0.39 is 46.8 Å². The van der Waals surface area contributed by atoms with Crippen molar-refractivity contribution in [1.29, 1.82) is 0 Å². The van der Waals surface area contributed by atoms with E-state index in [1.54, 1.807) is 19.1 Å². The maximum Gasteiger partial charge on any atom is 0.185 e. The fraction of sp³-hybridized carbons (Fsp3) is 0.667. The third-order valence-corrected chi connectivity index (χ3v) is 5.22. The molecule has 0 aromatic heterocycles. The molecule has 1 rings (SSSR count). The minimum Gasteiger partial charge on any atom is -0.389 e. The largest absolute Gasteiger partial charge is 0.389 e. The summed E-state index contributed by atoms with van der Waals surface area (Å²) in [6.45, 7) is 10.9. The van der Waals surface area contributed by atoms with Crippen molar-refractivity contribution in [2.24, 2.45) is 17.8 Å². The molecule has 0 aliphatic heterocycles. The molecule has 0 aromatic carbocycles. The Morgan fingerprint density at radius 1 is 1.15 bits per heavy atom. The lowest BCUT2D eigenvalue weighted by atomic mass is 9.80. The summed E-state index contributed by atoms with van der Waals surface area (Å²) in [5, 5.41) is 21.7. The van der Waals surface area contributed by atoms with E-state index in [0.717, 1.165) is 11.1 Å². The number of aliphatic hydroxyl groups is 2. The highest BCUT2D eigenvalue weighted by atomic mass is 16.4. The normalized spacial score (nSPS) is 27.8. The molecule has 3 unspecified atom stereocenters. The van der Waals surface area contributed by atoms with Crippen molar-refractivity contribution in [3.63, 3.8) is 0 Å². The summed E-state index contributed by atoms with van der Waals surface area (Å²) in [6, 6.07) is 0. The van der Waals surface area contributed by atoms with Gasteiger partial charge in [0.15, 0.2) is 23.0 Å². The van der Waals surface area contributed by atoms with Crippen LogP contribution in [0.15, 0.2) is 23.3 Å². The molecule has 5 heteroatoms. The van der Waals surface area contributed by atoms with Crippen molar-refractivity contribution in [1.82, 2.24) is 0 Å². The van der Waals surface area contributed by atoms with E-state index in [4.69, 9.17) is 0 Å². The van der Waals surface area contributed by atoms with Gasteiger partial charge in [0.25, 0.3) is 0 Å². The summed E-state index contributed by atoms with van der Waals surface area (Å²) >= 11 is 0. The Balaban J connectivity index is 3.35. The first-order chi connectivity index (χ1) is 12.0. The zero-order valence-corrected chi connectivity index (χ0v) is 16.7. The lowest BCUT2D eigenvalue weighted by Crippen LogP contribution is -2.52. The number of aliphatic hydroxyl groups excluding tert-OH is 1. The topological polar surface area (TPSA) is 91.7 Å². The molecular formula is C21H32O5. The van der Waals surface area contributed by atoms with Crippen LogP contribution in [0.4, 0.5) is 0 Å². The highest BCUT2D eigenvalue weighted by molar-refractivity contribution is 6.28. The molecule has 1 aliphatic carbocycles. The highest BCUT2D eigenvalue weighted by Crippen LogP contribution is 2.41. The Morgan fingerprint density at radius 2 is 1.69 bits per heavy atom. The Kier molecular flexibility index (Phi) is 7.66. The summed E-state index contributed by atoms with van der Waals surface area (Å²) in [4.78, 5) is 38.4. The third kappa shape index (κ3) is 4.38. The number of allylic oxidation sites excluding steroid dienone is 3. The zero-order chi connectivity index (χ0) is 20.2. The average Bonchev–Trinajstić information content (AvgIpc) is 2.76. The molecule has 1 saturated carbocycles. The van der Waals surface area contributed by atoms with Gasteiger partial charge in [0, 0.05) is 5.92 Å². The molecule has 1 fully saturated rings. The van der Waals surface area contributed by atoms with Gasteiger partial charge in [-0.15, -0.1) is 0 Å². The van der Waals surface area contributed by atoms with Crippen LogP contribution in [0.1, 0.15) is 60.8 Å². The van der Waals surface area contributed by atoms with Crippen molar-refractivity contribution < 1.29 is 24.6 Å². The fourth-order valence-electron chi connectivity index (χ4n) is 3.28. The highest BCUT2D eigenvalue weighted by Gasteiger charge is 2.64. The number of hydrogen-bond acceptors (Lipinski definition) is 5. The molecule has 5 nitrogen and oxygen atoms in total. The summed E-state index contributed by atoms with van der Waals surface area (Å²) in [5.41, 5.74) is -0.372. The Bertz CT molecular complexity index is 622. The standard InChI is InChI=1S/C21H32O5/c1-7-14(6)18(23)17-19(24)15(10-8-12(2)3)21(26,20(17)25)16(22)11-9-13(4)5/h8-9,14-17,22,26H,7,10-11H2,1-6H3/t14?,15?,16-,17?,21+/m0/s1. The molecular weight excluding hydrogens is 332 g/mol. The van der Waals surface area contributed by atoms with Crippen LogP contribution in [-0.4, -0.2) is 39.3 Å². The van der Waals surface area contributed by atoms with Gasteiger partial charge in [-0.1, -0.05) is 37.1 Å². The Labute approximate surface area is 156 Å². The van der Waals surface area contributed by atoms with Crippen LogP contribution < -0.4 is 0 Å². The molecule has 0 amide bonds. The van der Waals surface area contributed by atoms with Gasteiger partial charge in [-0.3, -0.25) is 14.4 Å². The Hall–Kier alpha value is -1.59. The van der Waals surface area contributed by atoms with Crippen molar-refractivity contribution >= 4 is 17.3 Å². The zero-order valence-electron chi connectivity index (χ0n) is 16.7. The third-order valence-electron chi connectivity index (χ3n) is 5.22. The van der Waals surface area contributed by atoms with E-state index in [1.165, 1.54) is 0 Å². The predicted molar refractivity (Wildman–Crippen MR) is 101 cm³/mol. The van der Waals surface area contributed by atoms with E-state index in [0.29, 0.717) is 6.42 Å². The molecule has 146 valence electrons. The number of rotatable bonds is 8. The van der Waals surface area contributed by atoms with E-state index in [2.05, 4.69) is 0 Å². The van der Waals surface area contributed by atoms with Crippen LogP contribution in [0.25, 0.3) is 0 Å². The van der Waals surface area contributed by atoms with Crippen molar-refractivity contribution in [2.75, 3.05) is 0 Å². The van der Waals surface area contributed by atoms with Gasteiger partial charge < -0.3 is 10.2 Å². The smallest absolute Gasteiger partial charge is 0.185 e. The number of carbonyl (C=O) groups is 3. The SMILES string of the molecule is CCC(C)C(=O)C1C(=O)C(CC=C(C)C)[C@@](O)([C@@H](O)CC=C(C)C)C1=O. The first-order valence-corrected chi connectivity index (χ1v) is 9.27. The monoisotopic (exact) mass is 364 g/mol. The molecule has 0 heterocycles. The molecule has 0 saturated heterocycles. The van der Waals surface area contributed by atoms with Crippen LogP contribution in [0.2, 0.25) is 0 Å². The maximum absolute atomic E-state index is 12.9. The Morgan fingerprint density at radius 3 is 2.15 bits per heavy atom. The second-order valence-corrected chi connectivity index (χ2v) is 7.84. The van der Waals surface area contributed by atoms with Gasteiger partial charge in [-0.25, -0.2) is 0 Å². The predicted octanol–water partition coefficient (Wildman–Crippen LogP) is 2.79. The molecule has 1 aliphatic rings. The van der Waals surface area contributed by atoms with E-state index in [1.807, 2.05) is 34.6 Å². The lowest BCUT2D eigenvalue weighted by molar-refractivity contribution is -0.156. The second kappa shape index (κ2) is 8.87. The van der Waals surface area contributed by atoms with Crippen molar-refractivity contribution in [2.45, 2.75) is 72.5 Å². The van der Waals surface area contributed by atoms with Gasteiger partial charge in [0.2, 0.25) is 0 Å². The van der Waals surface area contributed by atoms with Crippen LogP contribution in [0.5, 0.6) is 0 Å². The maximum atomic E-state index is 12.9.